The van der Waals surface area contributed by atoms with Crippen LogP contribution in [-0.4, -0.2) is 34.0 Å². The molecule has 3 atom stereocenters. The maximum atomic E-state index is 6.05. The predicted molar refractivity (Wildman–Crippen MR) is 83.4 cm³/mol. The number of hydrogen-bond donors (Lipinski definition) is 2. The van der Waals surface area contributed by atoms with Gasteiger partial charge >= 0.3 is 0 Å². The van der Waals surface area contributed by atoms with Gasteiger partial charge in [0.25, 0.3) is 0 Å². The van der Waals surface area contributed by atoms with Gasteiger partial charge in [-0.15, -0.1) is 0 Å². The van der Waals surface area contributed by atoms with E-state index in [1.54, 1.807) is 0 Å². The van der Waals surface area contributed by atoms with Crippen LogP contribution in [0.25, 0.3) is 0 Å². The predicted octanol–water partition coefficient (Wildman–Crippen LogP) is 2.47. The molecule has 5 heteroatoms. The lowest BCUT2D eigenvalue weighted by atomic mass is 10.0. The molecule has 2 rings (SSSR count). The minimum Gasteiger partial charge on any atom is -0.383 e. The Bertz CT molecular complexity index is 411. The summed E-state index contributed by atoms with van der Waals surface area (Å²) in [6, 6.07) is 2.45. The first-order chi connectivity index (χ1) is 8.63. The summed E-state index contributed by atoms with van der Waals surface area (Å²) in [6.07, 6.45) is 1.83. The van der Waals surface area contributed by atoms with E-state index in [1.807, 2.05) is 25.0 Å². The largest absolute Gasteiger partial charge is 0.383 e. The number of pyridine rings is 1. The van der Waals surface area contributed by atoms with Crippen LogP contribution in [0.15, 0.2) is 12.3 Å². The van der Waals surface area contributed by atoms with Crippen LogP contribution in [0.3, 0.4) is 0 Å². The average molecular weight is 283 g/mol. The van der Waals surface area contributed by atoms with Crippen LogP contribution in [-0.2, 0) is 0 Å². The van der Waals surface area contributed by atoms with Crippen molar-refractivity contribution in [2.24, 2.45) is 0 Å². The summed E-state index contributed by atoms with van der Waals surface area (Å²) in [5.74, 6) is 3.13. The van der Waals surface area contributed by atoms with Crippen molar-refractivity contribution in [1.29, 1.82) is 0 Å². The summed E-state index contributed by atoms with van der Waals surface area (Å²) < 4.78 is 0. The van der Waals surface area contributed by atoms with Crippen molar-refractivity contribution in [3.63, 3.8) is 0 Å². The zero-order valence-electron chi connectivity index (χ0n) is 11.1. The van der Waals surface area contributed by atoms with Crippen molar-refractivity contribution in [2.45, 2.75) is 30.4 Å². The van der Waals surface area contributed by atoms with Crippen molar-refractivity contribution in [3.8, 4) is 0 Å². The number of rotatable bonds is 3. The highest BCUT2D eigenvalue weighted by Gasteiger charge is 2.31. The first kappa shape index (κ1) is 14.0. The Morgan fingerprint density at radius 3 is 2.83 bits per heavy atom. The molecule has 0 radical (unpaired) electrons. The van der Waals surface area contributed by atoms with Crippen molar-refractivity contribution < 1.29 is 0 Å². The normalized spacial score (nSPS) is 25.9. The Morgan fingerprint density at radius 2 is 2.17 bits per heavy atom. The molecule has 0 amide bonds. The highest BCUT2D eigenvalue weighted by Crippen LogP contribution is 2.39. The second kappa shape index (κ2) is 6.17. The monoisotopic (exact) mass is 283 g/mol. The SMILES string of the molecule is CNC(c1cc(C)cnc1N)C1SCCSC1C. The fourth-order valence-corrected chi connectivity index (χ4v) is 5.34. The van der Waals surface area contributed by atoms with Crippen LogP contribution >= 0.6 is 23.5 Å². The van der Waals surface area contributed by atoms with Crippen LogP contribution in [0.2, 0.25) is 0 Å². The van der Waals surface area contributed by atoms with Gasteiger partial charge in [-0.1, -0.05) is 6.92 Å². The summed E-state index contributed by atoms with van der Waals surface area (Å²) in [5.41, 5.74) is 8.36. The lowest BCUT2D eigenvalue weighted by Crippen LogP contribution is -2.36. The summed E-state index contributed by atoms with van der Waals surface area (Å²) in [4.78, 5) is 4.29. The molecule has 3 unspecified atom stereocenters. The maximum Gasteiger partial charge on any atom is 0.128 e. The zero-order valence-corrected chi connectivity index (χ0v) is 12.8. The number of thioether (sulfide) groups is 2. The van der Waals surface area contributed by atoms with E-state index in [2.05, 4.69) is 42.0 Å². The minimum absolute atomic E-state index is 0.283. The maximum absolute atomic E-state index is 6.05. The number of nitrogen functional groups attached to an aromatic ring is 1. The summed E-state index contributed by atoms with van der Waals surface area (Å²) in [7, 11) is 2.01. The molecule has 1 aliphatic heterocycles. The van der Waals surface area contributed by atoms with Gasteiger partial charge in [0.15, 0.2) is 0 Å². The molecule has 0 saturated carbocycles. The fourth-order valence-electron chi connectivity index (χ4n) is 2.36. The van der Waals surface area contributed by atoms with Crippen molar-refractivity contribution in [2.75, 3.05) is 24.3 Å². The number of nitrogens with one attached hydrogen (secondary N) is 1. The van der Waals surface area contributed by atoms with Crippen LogP contribution in [0.5, 0.6) is 0 Å². The number of aryl methyl sites for hydroxylation is 1. The first-order valence-corrected chi connectivity index (χ1v) is 8.35. The Morgan fingerprint density at radius 1 is 1.44 bits per heavy atom. The molecule has 1 fully saturated rings. The Balaban J connectivity index is 2.29. The van der Waals surface area contributed by atoms with Gasteiger partial charge in [-0.2, -0.15) is 23.5 Å². The Hall–Kier alpha value is -0.390. The van der Waals surface area contributed by atoms with Crippen LogP contribution < -0.4 is 11.1 Å². The molecule has 1 aromatic heterocycles. The first-order valence-electron chi connectivity index (χ1n) is 6.26. The van der Waals surface area contributed by atoms with E-state index >= 15 is 0 Å². The number of aromatic nitrogens is 1. The van der Waals surface area contributed by atoms with Gasteiger partial charge < -0.3 is 11.1 Å². The quantitative estimate of drug-likeness (QED) is 0.892. The number of nitrogens with two attached hydrogens (primary N) is 1. The van der Waals surface area contributed by atoms with Gasteiger partial charge in [-0.25, -0.2) is 4.98 Å². The average Bonchev–Trinajstić information content (AvgIpc) is 2.36. The molecule has 0 bridgehead atoms. The van der Waals surface area contributed by atoms with Crippen molar-refractivity contribution in [1.82, 2.24) is 10.3 Å². The van der Waals surface area contributed by atoms with Crippen LogP contribution in [0.4, 0.5) is 5.82 Å². The highest BCUT2D eigenvalue weighted by atomic mass is 32.2. The number of hydrogen-bond acceptors (Lipinski definition) is 5. The molecule has 18 heavy (non-hydrogen) atoms. The van der Waals surface area contributed by atoms with E-state index in [-0.39, 0.29) is 6.04 Å². The molecular weight excluding hydrogens is 262 g/mol. The van der Waals surface area contributed by atoms with Gasteiger partial charge in [0, 0.05) is 39.8 Å². The summed E-state index contributed by atoms with van der Waals surface area (Å²) in [6.45, 7) is 4.38. The van der Waals surface area contributed by atoms with Gasteiger partial charge in [-0.3, -0.25) is 0 Å². The standard InChI is InChI=1S/C13H21N3S2/c1-8-6-10(13(14)16-7-8)11(15-3)12-9(2)17-4-5-18-12/h6-7,9,11-12,15H,4-5H2,1-3H3,(H2,14,16). The third-order valence-corrected chi connectivity index (χ3v) is 6.49. The molecule has 1 aliphatic rings. The summed E-state index contributed by atoms with van der Waals surface area (Å²) >= 11 is 4.10. The lowest BCUT2D eigenvalue weighted by Gasteiger charge is -2.35. The third kappa shape index (κ3) is 2.95. The molecule has 2 heterocycles. The van der Waals surface area contributed by atoms with Crippen LogP contribution in [0.1, 0.15) is 24.1 Å². The molecule has 0 aromatic carbocycles. The number of anilines is 1. The van der Waals surface area contributed by atoms with Gasteiger partial charge in [0.1, 0.15) is 5.82 Å². The lowest BCUT2D eigenvalue weighted by molar-refractivity contribution is 0.560. The van der Waals surface area contributed by atoms with Gasteiger partial charge in [-0.05, 0) is 25.6 Å². The smallest absolute Gasteiger partial charge is 0.128 e. The van der Waals surface area contributed by atoms with Crippen molar-refractivity contribution >= 4 is 29.3 Å². The minimum atomic E-state index is 0.283. The van der Waals surface area contributed by atoms with E-state index in [1.165, 1.54) is 17.1 Å². The third-order valence-electron chi connectivity index (χ3n) is 3.30. The fraction of sp³-hybridized carbons (Fsp3) is 0.615. The van der Waals surface area contributed by atoms with E-state index in [9.17, 15) is 0 Å². The van der Waals surface area contributed by atoms with Gasteiger partial charge in [0.05, 0.1) is 0 Å². The topological polar surface area (TPSA) is 50.9 Å². The highest BCUT2D eigenvalue weighted by molar-refractivity contribution is 8.07. The Labute approximate surface area is 118 Å². The van der Waals surface area contributed by atoms with E-state index in [0.717, 1.165) is 5.56 Å². The Kier molecular flexibility index (Phi) is 4.81. The number of nitrogens with zero attached hydrogens (tertiary/aromatic N) is 1. The molecule has 3 nitrogen and oxygen atoms in total. The molecular formula is C13H21N3S2. The molecule has 0 spiro atoms. The summed E-state index contributed by atoms with van der Waals surface area (Å²) in [5, 5.41) is 4.63. The van der Waals surface area contributed by atoms with Crippen LogP contribution in [0, 0.1) is 6.92 Å². The second-order valence-electron chi connectivity index (χ2n) is 4.66. The molecule has 0 aliphatic carbocycles. The molecule has 1 aromatic rings. The van der Waals surface area contributed by atoms with E-state index in [4.69, 9.17) is 5.73 Å². The van der Waals surface area contributed by atoms with E-state index in [0.29, 0.717) is 16.3 Å². The van der Waals surface area contributed by atoms with E-state index < -0.39 is 0 Å². The molecule has 3 N–H and O–H groups in total. The zero-order chi connectivity index (χ0) is 13.1. The van der Waals surface area contributed by atoms with Gasteiger partial charge in [0.2, 0.25) is 0 Å². The second-order valence-corrected chi connectivity index (χ2v) is 7.44. The van der Waals surface area contributed by atoms with Crippen molar-refractivity contribution in [3.05, 3.63) is 23.4 Å². The molecule has 1 saturated heterocycles. The molecule has 100 valence electrons.